The van der Waals surface area contributed by atoms with E-state index in [4.69, 9.17) is 0 Å². The van der Waals surface area contributed by atoms with Crippen molar-refractivity contribution in [1.29, 1.82) is 0 Å². The first-order valence-electron chi connectivity index (χ1n) is 9.95. The topological polar surface area (TPSA) is 69.6 Å². The SMILES string of the molecule is Cc1c(C(=O)N(CCO)C(C)C)sc2ncnc(N3CCCCCCC3)c12. The molecule has 0 aliphatic carbocycles. The molecule has 3 heterocycles. The fraction of sp³-hybridized carbons (Fsp3) is 0.650. The van der Waals surface area contributed by atoms with Crippen LogP contribution in [0.3, 0.4) is 0 Å². The second kappa shape index (κ2) is 8.97. The van der Waals surface area contributed by atoms with Gasteiger partial charge in [-0.15, -0.1) is 11.3 Å². The third kappa shape index (κ3) is 4.24. The van der Waals surface area contributed by atoms with Crippen molar-refractivity contribution < 1.29 is 9.90 Å². The molecular formula is C20H30N4O2S. The molecule has 3 rings (SSSR count). The van der Waals surface area contributed by atoms with E-state index in [0.29, 0.717) is 11.4 Å². The summed E-state index contributed by atoms with van der Waals surface area (Å²) in [5.41, 5.74) is 0.959. The van der Waals surface area contributed by atoms with Gasteiger partial charge in [0.2, 0.25) is 0 Å². The fourth-order valence-corrected chi connectivity index (χ4v) is 4.89. The zero-order valence-electron chi connectivity index (χ0n) is 16.6. The fourth-order valence-electron chi connectivity index (χ4n) is 3.79. The van der Waals surface area contributed by atoms with Gasteiger partial charge in [-0.2, -0.15) is 0 Å². The van der Waals surface area contributed by atoms with E-state index in [1.165, 1.54) is 43.4 Å². The van der Waals surface area contributed by atoms with E-state index < -0.39 is 0 Å². The first-order chi connectivity index (χ1) is 13.0. The number of aliphatic hydroxyl groups excluding tert-OH is 1. The molecule has 1 amide bonds. The Balaban J connectivity index is 2.00. The second-order valence-electron chi connectivity index (χ2n) is 7.50. The number of hydrogen-bond acceptors (Lipinski definition) is 6. The Kier molecular flexibility index (Phi) is 6.65. The van der Waals surface area contributed by atoms with Crippen LogP contribution in [-0.2, 0) is 0 Å². The van der Waals surface area contributed by atoms with Crippen LogP contribution in [-0.4, -0.2) is 58.2 Å². The van der Waals surface area contributed by atoms with E-state index in [0.717, 1.165) is 34.7 Å². The highest BCUT2D eigenvalue weighted by Crippen LogP contribution is 2.36. The Bertz CT molecular complexity index is 782. The molecular weight excluding hydrogens is 360 g/mol. The van der Waals surface area contributed by atoms with Gasteiger partial charge in [0.1, 0.15) is 17.0 Å². The summed E-state index contributed by atoms with van der Waals surface area (Å²) in [6.07, 6.45) is 7.83. The van der Waals surface area contributed by atoms with E-state index in [-0.39, 0.29) is 18.6 Å². The zero-order chi connectivity index (χ0) is 19.4. The first kappa shape index (κ1) is 20.0. The summed E-state index contributed by atoms with van der Waals surface area (Å²) in [6, 6.07) is 0.0363. The van der Waals surface area contributed by atoms with Crippen molar-refractivity contribution >= 4 is 33.3 Å². The molecule has 1 fully saturated rings. The molecule has 0 bridgehead atoms. The van der Waals surface area contributed by atoms with Gasteiger partial charge in [-0.05, 0) is 39.2 Å². The van der Waals surface area contributed by atoms with Crippen molar-refractivity contribution in [1.82, 2.24) is 14.9 Å². The van der Waals surface area contributed by atoms with Gasteiger partial charge in [-0.1, -0.05) is 19.3 Å². The quantitative estimate of drug-likeness (QED) is 0.844. The lowest BCUT2D eigenvalue weighted by Gasteiger charge is -2.26. The minimum atomic E-state index is -0.0350. The van der Waals surface area contributed by atoms with Crippen LogP contribution in [0.15, 0.2) is 6.33 Å². The highest BCUT2D eigenvalue weighted by Gasteiger charge is 2.26. The van der Waals surface area contributed by atoms with Crippen LogP contribution in [0.1, 0.15) is 61.2 Å². The van der Waals surface area contributed by atoms with Gasteiger partial charge >= 0.3 is 0 Å². The van der Waals surface area contributed by atoms with Crippen LogP contribution in [0, 0.1) is 6.92 Å². The minimum Gasteiger partial charge on any atom is -0.395 e. The van der Waals surface area contributed by atoms with Crippen LogP contribution >= 0.6 is 11.3 Å². The number of carbonyl (C=O) groups excluding carboxylic acids is 1. The van der Waals surface area contributed by atoms with Crippen molar-refractivity contribution in [2.75, 3.05) is 31.1 Å². The van der Waals surface area contributed by atoms with Crippen molar-refractivity contribution in [2.45, 2.75) is 58.9 Å². The number of anilines is 1. The van der Waals surface area contributed by atoms with E-state index in [2.05, 4.69) is 14.9 Å². The van der Waals surface area contributed by atoms with Crippen LogP contribution in [0.2, 0.25) is 0 Å². The molecule has 0 radical (unpaired) electrons. The van der Waals surface area contributed by atoms with Gasteiger partial charge in [-0.3, -0.25) is 4.79 Å². The molecule has 0 aromatic carbocycles. The number of thiophene rings is 1. The van der Waals surface area contributed by atoms with Crippen LogP contribution in [0.25, 0.3) is 10.2 Å². The number of hydrogen-bond donors (Lipinski definition) is 1. The molecule has 1 aliphatic heterocycles. The number of aliphatic hydroxyl groups is 1. The molecule has 0 unspecified atom stereocenters. The molecule has 1 saturated heterocycles. The number of carbonyl (C=O) groups is 1. The summed E-state index contributed by atoms with van der Waals surface area (Å²) in [5, 5.41) is 10.3. The molecule has 6 nitrogen and oxygen atoms in total. The smallest absolute Gasteiger partial charge is 0.264 e. The summed E-state index contributed by atoms with van der Waals surface area (Å²) in [7, 11) is 0. The summed E-state index contributed by atoms with van der Waals surface area (Å²) >= 11 is 1.44. The molecule has 2 aromatic rings. The average Bonchev–Trinajstić information content (AvgIpc) is 2.96. The molecule has 0 atom stereocenters. The summed E-state index contributed by atoms with van der Waals surface area (Å²) < 4.78 is 0. The number of fused-ring (bicyclic) bond motifs is 1. The zero-order valence-corrected chi connectivity index (χ0v) is 17.4. The minimum absolute atomic E-state index is 0.0295. The van der Waals surface area contributed by atoms with Crippen molar-refractivity contribution in [3.63, 3.8) is 0 Å². The van der Waals surface area contributed by atoms with Gasteiger partial charge in [0.25, 0.3) is 5.91 Å². The highest BCUT2D eigenvalue weighted by atomic mass is 32.1. The lowest BCUT2D eigenvalue weighted by molar-refractivity contribution is 0.0670. The Labute approximate surface area is 165 Å². The molecule has 2 aromatic heterocycles. The maximum atomic E-state index is 13.1. The lowest BCUT2D eigenvalue weighted by atomic mass is 10.1. The van der Waals surface area contributed by atoms with Gasteiger partial charge in [-0.25, -0.2) is 9.97 Å². The lowest BCUT2D eigenvalue weighted by Crippen LogP contribution is -2.38. The number of aryl methyl sites for hydroxylation is 1. The van der Waals surface area contributed by atoms with Gasteiger partial charge in [0, 0.05) is 25.7 Å². The van der Waals surface area contributed by atoms with E-state index in [1.807, 2.05) is 20.8 Å². The Morgan fingerprint density at radius 2 is 1.89 bits per heavy atom. The van der Waals surface area contributed by atoms with Gasteiger partial charge in [0.15, 0.2) is 0 Å². The van der Waals surface area contributed by atoms with E-state index in [9.17, 15) is 9.90 Å². The molecule has 148 valence electrons. The number of amides is 1. The van der Waals surface area contributed by atoms with Crippen LogP contribution < -0.4 is 4.90 Å². The molecule has 7 heteroatoms. The number of aromatic nitrogens is 2. The van der Waals surface area contributed by atoms with Crippen LogP contribution in [0.5, 0.6) is 0 Å². The molecule has 0 saturated carbocycles. The third-order valence-corrected chi connectivity index (χ3v) is 6.47. The average molecular weight is 391 g/mol. The van der Waals surface area contributed by atoms with E-state index in [1.54, 1.807) is 11.2 Å². The Morgan fingerprint density at radius 3 is 2.52 bits per heavy atom. The number of rotatable bonds is 5. The molecule has 0 spiro atoms. The monoisotopic (exact) mass is 390 g/mol. The number of nitrogens with zero attached hydrogens (tertiary/aromatic N) is 4. The molecule has 27 heavy (non-hydrogen) atoms. The Morgan fingerprint density at radius 1 is 1.22 bits per heavy atom. The van der Waals surface area contributed by atoms with Crippen molar-refractivity contribution in [2.24, 2.45) is 0 Å². The maximum absolute atomic E-state index is 13.1. The molecule has 1 aliphatic rings. The molecule has 1 N–H and O–H groups in total. The normalized spacial score (nSPS) is 15.8. The summed E-state index contributed by atoms with van der Waals surface area (Å²) in [5.74, 6) is 0.936. The van der Waals surface area contributed by atoms with Gasteiger partial charge in [0.05, 0.1) is 16.9 Å². The maximum Gasteiger partial charge on any atom is 0.264 e. The predicted octanol–water partition coefficient (Wildman–Crippen LogP) is 3.61. The van der Waals surface area contributed by atoms with Crippen molar-refractivity contribution in [3.05, 3.63) is 16.8 Å². The van der Waals surface area contributed by atoms with E-state index >= 15 is 0 Å². The van der Waals surface area contributed by atoms with Crippen molar-refractivity contribution in [3.8, 4) is 0 Å². The Hall–Kier alpha value is -1.73. The predicted molar refractivity (Wildman–Crippen MR) is 111 cm³/mol. The summed E-state index contributed by atoms with van der Waals surface area (Å²) in [6.45, 7) is 8.27. The summed E-state index contributed by atoms with van der Waals surface area (Å²) in [4.78, 5) is 27.9. The standard InChI is InChI=1S/C20H30N4O2S/c1-14(2)24(11-12-25)20(26)17-15(3)16-18(21-13-22-19(16)27-17)23-9-7-5-4-6-8-10-23/h13-14,25H,4-12H2,1-3H3. The van der Waals surface area contributed by atoms with Crippen LogP contribution in [0.4, 0.5) is 5.82 Å². The highest BCUT2D eigenvalue weighted by molar-refractivity contribution is 7.20. The second-order valence-corrected chi connectivity index (χ2v) is 8.50. The third-order valence-electron chi connectivity index (χ3n) is 5.28. The first-order valence-corrected chi connectivity index (χ1v) is 10.8. The van der Waals surface area contributed by atoms with Gasteiger partial charge < -0.3 is 14.9 Å². The largest absolute Gasteiger partial charge is 0.395 e.